The standard InChI is InChI=1S/C21H34N4O4.HI/c1-16(2)12-17(25-7-10-26-11-8-25)14-24-21(22-3)23-6-9-27-18-4-5-19-20(13-18)29-15-28-19;/h4-5,13,16-17H,6-12,14-15H2,1-3H3,(H2,22,23,24);1H. The van der Waals surface area contributed by atoms with E-state index in [-0.39, 0.29) is 30.8 Å². The summed E-state index contributed by atoms with van der Waals surface area (Å²) in [6.07, 6.45) is 1.15. The molecule has 2 N–H and O–H groups in total. The quantitative estimate of drug-likeness (QED) is 0.218. The molecular formula is C21H35IN4O4. The third-order valence-electron chi connectivity index (χ3n) is 5.04. The number of rotatable bonds is 9. The number of benzene rings is 1. The number of fused-ring (bicyclic) bond motifs is 1. The average molecular weight is 534 g/mol. The van der Waals surface area contributed by atoms with Gasteiger partial charge in [0.2, 0.25) is 6.79 Å². The number of nitrogens with one attached hydrogen (secondary N) is 2. The molecule has 1 atom stereocenters. The Balaban J connectivity index is 0.00000320. The Labute approximate surface area is 196 Å². The third-order valence-corrected chi connectivity index (χ3v) is 5.04. The molecule has 0 radical (unpaired) electrons. The molecule has 1 aromatic carbocycles. The number of guanidine groups is 1. The van der Waals surface area contributed by atoms with Crippen LogP contribution in [0.25, 0.3) is 0 Å². The number of hydrogen-bond donors (Lipinski definition) is 2. The third kappa shape index (κ3) is 7.66. The summed E-state index contributed by atoms with van der Waals surface area (Å²) in [5.74, 6) is 3.70. The van der Waals surface area contributed by atoms with Crippen LogP contribution >= 0.6 is 24.0 Å². The molecule has 2 aliphatic rings. The highest BCUT2D eigenvalue weighted by Gasteiger charge is 2.22. The molecule has 1 saturated heterocycles. The summed E-state index contributed by atoms with van der Waals surface area (Å²) in [7, 11) is 1.79. The van der Waals surface area contributed by atoms with E-state index in [0.29, 0.717) is 25.1 Å². The zero-order chi connectivity index (χ0) is 20.5. The van der Waals surface area contributed by atoms with Crippen molar-refractivity contribution in [2.24, 2.45) is 10.9 Å². The minimum absolute atomic E-state index is 0. The van der Waals surface area contributed by atoms with Crippen LogP contribution in [0.1, 0.15) is 20.3 Å². The van der Waals surface area contributed by atoms with Gasteiger partial charge in [-0.05, 0) is 24.5 Å². The molecule has 0 aromatic heterocycles. The van der Waals surface area contributed by atoms with E-state index < -0.39 is 0 Å². The first-order chi connectivity index (χ1) is 14.2. The summed E-state index contributed by atoms with van der Waals surface area (Å²) in [6.45, 7) is 10.5. The highest BCUT2D eigenvalue weighted by Crippen LogP contribution is 2.34. The first-order valence-electron chi connectivity index (χ1n) is 10.4. The first kappa shape index (κ1) is 24.8. The van der Waals surface area contributed by atoms with Crippen LogP contribution in [0.5, 0.6) is 17.2 Å². The van der Waals surface area contributed by atoms with Crippen molar-refractivity contribution >= 4 is 29.9 Å². The second kappa shape index (κ2) is 13.1. The molecule has 0 saturated carbocycles. The number of hydrogen-bond acceptors (Lipinski definition) is 6. The molecule has 170 valence electrons. The van der Waals surface area contributed by atoms with Crippen molar-refractivity contribution in [1.29, 1.82) is 0 Å². The van der Waals surface area contributed by atoms with Gasteiger partial charge in [-0.3, -0.25) is 9.89 Å². The van der Waals surface area contributed by atoms with Gasteiger partial charge in [-0.25, -0.2) is 0 Å². The van der Waals surface area contributed by atoms with Crippen LogP contribution in [-0.4, -0.2) is 76.7 Å². The molecule has 2 aliphatic heterocycles. The first-order valence-corrected chi connectivity index (χ1v) is 10.4. The van der Waals surface area contributed by atoms with E-state index in [1.54, 1.807) is 7.05 Å². The molecular weight excluding hydrogens is 499 g/mol. The van der Waals surface area contributed by atoms with Crippen molar-refractivity contribution < 1.29 is 18.9 Å². The molecule has 1 fully saturated rings. The summed E-state index contributed by atoms with van der Waals surface area (Å²) < 4.78 is 22.0. The van der Waals surface area contributed by atoms with Crippen LogP contribution < -0.4 is 24.8 Å². The highest BCUT2D eigenvalue weighted by atomic mass is 127. The minimum Gasteiger partial charge on any atom is -0.492 e. The monoisotopic (exact) mass is 534 g/mol. The lowest BCUT2D eigenvalue weighted by Gasteiger charge is -2.35. The Morgan fingerprint density at radius 2 is 1.93 bits per heavy atom. The molecule has 1 unspecified atom stereocenters. The van der Waals surface area contributed by atoms with E-state index >= 15 is 0 Å². The summed E-state index contributed by atoms with van der Waals surface area (Å²) in [5.41, 5.74) is 0. The van der Waals surface area contributed by atoms with Crippen LogP contribution in [-0.2, 0) is 4.74 Å². The molecule has 30 heavy (non-hydrogen) atoms. The smallest absolute Gasteiger partial charge is 0.231 e. The minimum atomic E-state index is 0. The van der Waals surface area contributed by atoms with Gasteiger partial charge in [-0.2, -0.15) is 0 Å². The van der Waals surface area contributed by atoms with Crippen LogP contribution in [0.3, 0.4) is 0 Å². The Hall–Kier alpha value is -1.46. The maximum absolute atomic E-state index is 5.80. The second-order valence-corrected chi connectivity index (χ2v) is 7.68. The van der Waals surface area contributed by atoms with Crippen molar-refractivity contribution in [1.82, 2.24) is 15.5 Å². The van der Waals surface area contributed by atoms with Crippen LogP contribution in [0.15, 0.2) is 23.2 Å². The predicted molar refractivity (Wildman–Crippen MR) is 128 cm³/mol. The van der Waals surface area contributed by atoms with Crippen molar-refractivity contribution in [2.45, 2.75) is 26.3 Å². The van der Waals surface area contributed by atoms with Crippen molar-refractivity contribution in [3.8, 4) is 17.2 Å². The second-order valence-electron chi connectivity index (χ2n) is 7.68. The Kier molecular flexibility index (Phi) is 10.8. The topological polar surface area (TPSA) is 76.6 Å². The van der Waals surface area contributed by atoms with Gasteiger partial charge in [0.15, 0.2) is 17.5 Å². The van der Waals surface area contributed by atoms with E-state index in [9.17, 15) is 0 Å². The lowest BCUT2D eigenvalue weighted by Crippen LogP contribution is -2.51. The van der Waals surface area contributed by atoms with E-state index in [1.807, 2.05) is 18.2 Å². The highest BCUT2D eigenvalue weighted by molar-refractivity contribution is 14.0. The lowest BCUT2D eigenvalue weighted by molar-refractivity contribution is 0.0132. The fourth-order valence-corrected chi connectivity index (χ4v) is 3.59. The Morgan fingerprint density at radius 3 is 2.67 bits per heavy atom. The van der Waals surface area contributed by atoms with Crippen molar-refractivity contribution in [3.05, 3.63) is 18.2 Å². The van der Waals surface area contributed by atoms with Gasteiger partial charge in [-0.1, -0.05) is 13.8 Å². The Bertz CT molecular complexity index is 668. The summed E-state index contributed by atoms with van der Waals surface area (Å²) in [4.78, 5) is 6.86. The SMILES string of the molecule is CN=C(NCCOc1ccc2c(c1)OCO2)NCC(CC(C)C)N1CCOCC1.I. The largest absolute Gasteiger partial charge is 0.492 e. The van der Waals surface area contributed by atoms with E-state index in [0.717, 1.165) is 62.5 Å². The molecule has 3 rings (SSSR count). The van der Waals surface area contributed by atoms with E-state index in [4.69, 9.17) is 18.9 Å². The molecule has 8 nitrogen and oxygen atoms in total. The van der Waals surface area contributed by atoms with Crippen LogP contribution in [0.4, 0.5) is 0 Å². The van der Waals surface area contributed by atoms with Crippen LogP contribution in [0.2, 0.25) is 0 Å². The maximum atomic E-state index is 5.80. The number of morpholine rings is 1. The molecule has 0 spiro atoms. The number of nitrogens with zero attached hydrogens (tertiary/aromatic N) is 2. The molecule has 9 heteroatoms. The van der Waals surface area contributed by atoms with Crippen LogP contribution in [0, 0.1) is 5.92 Å². The zero-order valence-corrected chi connectivity index (χ0v) is 20.5. The molecule has 0 bridgehead atoms. The van der Waals surface area contributed by atoms with Gasteiger partial charge in [0.1, 0.15) is 12.4 Å². The summed E-state index contributed by atoms with van der Waals surface area (Å²) >= 11 is 0. The van der Waals surface area contributed by atoms with Gasteiger partial charge in [-0.15, -0.1) is 24.0 Å². The maximum Gasteiger partial charge on any atom is 0.231 e. The molecule has 0 aliphatic carbocycles. The molecule has 0 amide bonds. The van der Waals surface area contributed by atoms with E-state index in [2.05, 4.69) is 34.4 Å². The number of aliphatic imine (C=N–C) groups is 1. The number of halogens is 1. The molecule has 2 heterocycles. The fourth-order valence-electron chi connectivity index (χ4n) is 3.59. The normalized spacial score (nSPS) is 17.4. The zero-order valence-electron chi connectivity index (χ0n) is 18.2. The predicted octanol–water partition coefficient (Wildman–Crippen LogP) is 2.32. The van der Waals surface area contributed by atoms with Gasteiger partial charge < -0.3 is 29.6 Å². The van der Waals surface area contributed by atoms with E-state index in [1.165, 1.54) is 0 Å². The Morgan fingerprint density at radius 1 is 1.17 bits per heavy atom. The fraction of sp³-hybridized carbons (Fsp3) is 0.667. The number of ether oxygens (including phenoxy) is 4. The van der Waals surface area contributed by atoms with Gasteiger partial charge in [0, 0.05) is 38.8 Å². The average Bonchev–Trinajstić information content (AvgIpc) is 3.20. The van der Waals surface area contributed by atoms with Gasteiger partial charge in [0.25, 0.3) is 0 Å². The lowest BCUT2D eigenvalue weighted by atomic mass is 10.0. The van der Waals surface area contributed by atoms with Gasteiger partial charge in [0.05, 0.1) is 19.8 Å². The van der Waals surface area contributed by atoms with Crippen molar-refractivity contribution in [2.75, 3.05) is 59.8 Å². The summed E-state index contributed by atoms with van der Waals surface area (Å²) in [6, 6.07) is 6.09. The van der Waals surface area contributed by atoms with Gasteiger partial charge >= 0.3 is 0 Å². The molecule has 1 aromatic rings. The summed E-state index contributed by atoms with van der Waals surface area (Å²) in [5, 5.41) is 6.79. The van der Waals surface area contributed by atoms with Crippen molar-refractivity contribution in [3.63, 3.8) is 0 Å².